The van der Waals surface area contributed by atoms with E-state index in [0.29, 0.717) is 13.0 Å². The highest BCUT2D eigenvalue weighted by Gasteiger charge is 2.30. The van der Waals surface area contributed by atoms with Gasteiger partial charge in [-0.05, 0) is 51.5 Å². The van der Waals surface area contributed by atoms with Gasteiger partial charge in [0.05, 0.1) is 12.6 Å². The van der Waals surface area contributed by atoms with Crippen molar-refractivity contribution in [3.63, 3.8) is 0 Å². The normalized spacial score (nSPS) is 16.7. The summed E-state index contributed by atoms with van der Waals surface area (Å²) in [5, 5.41) is 7.20. The molecule has 0 aliphatic heterocycles. The van der Waals surface area contributed by atoms with E-state index in [-0.39, 0.29) is 34.3 Å². The minimum Gasteiger partial charge on any atom is -0.406 e. The molecule has 1 unspecified atom stereocenters. The summed E-state index contributed by atoms with van der Waals surface area (Å²) in [5.74, 6) is -0.0926. The number of rotatable bonds is 9. The van der Waals surface area contributed by atoms with Crippen molar-refractivity contribution in [2.24, 2.45) is 11.8 Å². The van der Waals surface area contributed by atoms with Gasteiger partial charge in [-0.3, -0.25) is 9.59 Å². The van der Waals surface area contributed by atoms with Crippen LogP contribution in [0.3, 0.4) is 0 Å². The molecule has 0 radical (unpaired) electrons. The van der Waals surface area contributed by atoms with Crippen LogP contribution in [0.4, 0.5) is 0 Å². The molecule has 1 aromatic heterocycles. The van der Waals surface area contributed by atoms with Crippen molar-refractivity contribution >= 4 is 23.9 Å². The fourth-order valence-corrected chi connectivity index (χ4v) is 3.56. The molecular weight excluding hydrogens is 364 g/mol. The van der Waals surface area contributed by atoms with E-state index in [2.05, 4.69) is 10.4 Å². The van der Waals surface area contributed by atoms with E-state index in [1.165, 1.54) is 11.1 Å². The summed E-state index contributed by atoms with van der Waals surface area (Å²) < 4.78 is 6.97. The van der Waals surface area contributed by atoms with E-state index in [9.17, 15) is 9.59 Å². The van der Waals surface area contributed by atoms with Crippen LogP contribution in [0.5, 0.6) is 0 Å². The first kappa shape index (κ1) is 21.8. The zero-order valence-corrected chi connectivity index (χ0v) is 17.7. The molecule has 1 heterocycles. The largest absolute Gasteiger partial charge is 0.406 e. The van der Waals surface area contributed by atoms with Gasteiger partial charge in [0.15, 0.2) is 0 Å². The number of nitrogens with one attached hydrogen (secondary N) is 1. The topological polar surface area (TPSA) is 80.4 Å². The lowest BCUT2D eigenvalue weighted by Crippen LogP contribution is -2.45. The van der Waals surface area contributed by atoms with E-state index < -0.39 is 6.04 Å². The third-order valence-corrected chi connectivity index (χ3v) is 5.19. The predicted octanol–water partition coefficient (Wildman–Crippen LogP) is 3.06. The molecule has 1 saturated carbocycles. The lowest BCUT2D eigenvalue weighted by Gasteiger charge is -2.24. The number of likely N-dealkylation sites (N-methyl/N-ethyl adjacent to an activating group) is 1. The van der Waals surface area contributed by atoms with Gasteiger partial charge in [-0.1, -0.05) is 33.1 Å². The molecule has 152 valence electrons. The standard InChI is InChI=1S/C19H32N4O3S/c1-13(2)12-15(20-17(25)14-8-6-5-7-9-14)16(24)18-21-23(19(27)26-18)11-10-22(3)4/h13-15H,5-12H2,1-4H3,(H,20,25). The Kier molecular flexibility index (Phi) is 8.16. The third kappa shape index (κ3) is 6.53. The van der Waals surface area contributed by atoms with Gasteiger partial charge in [-0.25, -0.2) is 4.68 Å². The van der Waals surface area contributed by atoms with Crippen LogP contribution in [0, 0.1) is 16.7 Å². The quantitative estimate of drug-likeness (QED) is 0.510. The molecule has 1 amide bonds. The summed E-state index contributed by atoms with van der Waals surface area (Å²) in [4.78, 5) is 27.8. The van der Waals surface area contributed by atoms with Crippen LogP contribution in [0.25, 0.3) is 0 Å². The maximum absolute atomic E-state index is 13.0. The smallest absolute Gasteiger partial charge is 0.287 e. The Morgan fingerprint density at radius 1 is 1.30 bits per heavy atom. The van der Waals surface area contributed by atoms with E-state index in [4.69, 9.17) is 16.6 Å². The molecule has 27 heavy (non-hydrogen) atoms. The Morgan fingerprint density at radius 2 is 1.96 bits per heavy atom. The first-order valence-corrected chi connectivity index (χ1v) is 10.3. The van der Waals surface area contributed by atoms with Crippen LogP contribution in [0.15, 0.2) is 4.42 Å². The van der Waals surface area contributed by atoms with Gasteiger partial charge in [-0.2, -0.15) is 0 Å². The molecule has 1 fully saturated rings. The molecule has 8 heteroatoms. The number of carbonyl (C=O) groups excluding carboxylic acids is 2. The molecule has 0 aromatic carbocycles. The van der Waals surface area contributed by atoms with Crippen molar-refractivity contribution in [1.82, 2.24) is 20.0 Å². The van der Waals surface area contributed by atoms with E-state index in [1.54, 1.807) is 0 Å². The molecule has 1 atom stereocenters. The molecule has 0 spiro atoms. The van der Waals surface area contributed by atoms with Crippen molar-refractivity contribution in [2.45, 2.75) is 65.0 Å². The maximum Gasteiger partial charge on any atom is 0.287 e. The molecule has 0 saturated heterocycles. The second kappa shape index (κ2) is 10.1. The van der Waals surface area contributed by atoms with Crippen molar-refractivity contribution in [2.75, 3.05) is 20.6 Å². The SMILES string of the molecule is CC(C)CC(NC(=O)C1CCCCC1)C(=O)c1nn(CCN(C)C)c(=S)o1. The summed E-state index contributed by atoms with van der Waals surface area (Å²) in [5.41, 5.74) is 0. The molecule has 2 rings (SSSR count). The van der Waals surface area contributed by atoms with Crippen LogP contribution < -0.4 is 5.32 Å². The van der Waals surface area contributed by atoms with Crippen molar-refractivity contribution in [3.05, 3.63) is 10.7 Å². The van der Waals surface area contributed by atoms with Crippen molar-refractivity contribution in [3.8, 4) is 0 Å². The second-order valence-corrected chi connectivity index (χ2v) is 8.44. The monoisotopic (exact) mass is 396 g/mol. The molecule has 1 aliphatic carbocycles. The van der Waals surface area contributed by atoms with Gasteiger partial charge < -0.3 is 14.6 Å². The zero-order chi connectivity index (χ0) is 20.0. The Bertz CT molecular complexity index is 689. The highest BCUT2D eigenvalue weighted by atomic mass is 32.1. The van der Waals surface area contributed by atoms with Crippen molar-refractivity contribution < 1.29 is 14.0 Å². The predicted molar refractivity (Wildman–Crippen MR) is 106 cm³/mol. The summed E-state index contributed by atoms with van der Waals surface area (Å²) in [7, 11) is 3.91. The lowest BCUT2D eigenvalue weighted by molar-refractivity contribution is -0.126. The summed E-state index contributed by atoms with van der Waals surface area (Å²) in [6.07, 6.45) is 5.67. The molecule has 1 N–H and O–H groups in total. The van der Waals surface area contributed by atoms with Crippen LogP contribution in [0.2, 0.25) is 0 Å². The summed E-state index contributed by atoms with van der Waals surface area (Å²) in [6, 6.07) is -0.630. The number of nitrogens with zero attached hydrogens (tertiary/aromatic N) is 3. The average molecular weight is 397 g/mol. The zero-order valence-electron chi connectivity index (χ0n) is 16.9. The Morgan fingerprint density at radius 3 is 2.56 bits per heavy atom. The Balaban J connectivity index is 2.10. The minimum absolute atomic E-state index is 0.00492. The molecule has 7 nitrogen and oxygen atoms in total. The lowest BCUT2D eigenvalue weighted by atomic mass is 9.88. The number of Topliss-reactive ketones (excluding diaryl/α,β-unsaturated/α-hetero) is 1. The van der Waals surface area contributed by atoms with E-state index in [0.717, 1.165) is 32.2 Å². The van der Waals surface area contributed by atoms with Gasteiger partial charge in [-0.15, -0.1) is 5.10 Å². The highest BCUT2D eigenvalue weighted by molar-refractivity contribution is 7.71. The van der Waals surface area contributed by atoms with Gasteiger partial charge in [0.25, 0.3) is 10.7 Å². The first-order valence-electron chi connectivity index (χ1n) is 9.85. The minimum atomic E-state index is -0.630. The van der Waals surface area contributed by atoms with E-state index in [1.807, 2.05) is 32.8 Å². The fraction of sp³-hybridized carbons (Fsp3) is 0.789. The summed E-state index contributed by atoms with van der Waals surface area (Å²) >= 11 is 5.18. The number of carbonyl (C=O) groups is 2. The van der Waals surface area contributed by atoms with Gasteiger partial charge in [0, 0.05) is 12.5 Å². The number of hydrogen-bond acceptors (Lipinski definition) is 6. The molecule has 0 bridgehead atoms. The van der Waals surface area contributed by atoms with Gasteiger partial charge in [0.2, 0.25) is 11.7 Å². The van der Waals surface area contributed by atoms with Crippen molar-refractivity contribution in [1.29, 1.82) is 0 Å². The van der Waals surface area contributed by atoms with Gasteiger partial charge in [0.1, 0.15) is 0 Å². The van der Waals surface area contributed by atoms with Crippen LogP contribution in [-0.4, -0.2) is 53.1 Å². The van der Waals surface area contributed by atoms with E-state index >= 15 is 0 Å². The van der Waals surface area contributed by atoms with Crippen LogP contribution in [0.1, 0.15) is 63.1 Å². The average Bonchev–Trinajstić information content (AvgIpc) is 2.99. The maximum atomic E-state index is 13.0. The number of ketones is 1. The third-order valence-electron chi connectivity index (χ3n) is 4.89. The molecule has 1 aliphatic rings. The summed E-state index contributed by atoms with van der Waals surface area (Å²) in [6.45, 7) is 5.34. The Labute approximate surface area is 166 Å². The molecular formula is C19H32N4O3S. The van der Waals surface area contributed by atoms with Crippen LogP contribution in [-0.2, 0) is 11.3 Å². The second-order valence-electron chi connectivity index (χ2n) is 8.09. The number of aromatic nitrogens is 2. The first-order chi connectivity index (χ1) is 12.8. The van der Waals surface area contributed by atoms with Gasteiger partial charge >= 0.3 is 0 Å². The van der Waals surface area contributed by atoms with Crippen LogP contribution >= 0.6 is 12.2 Å². The fourth-order valence-electron chi connectivity index (χ4n) is 3.35. The Hall–Kier alpha value is -1.54. The number of amides is 1. The highest BCUT2D eigenvalue weighted by Crippen LogP contribution is 2.24. The number of hydrogen-bond donors (Lipinski definition) is 1. The molecule has 1 aromatic rings.